The lowest BCUT2D eigenvalue weighted by Gasteiger charge is -2.06. The molecule has 0 saturated carbocycles. The summed E-state index contributed by atoms with van der Waals surface area (Å²) in [5, 5.41) is 11.1. The molecule has 0 fully saturated rings. The van der Waals surface area contributed by atoms with E-state index in [-0.39, 0.29) is 12.4 Å². The summed E-state index contributed by atoms with van der Waals surface area (Å²) < 4.78 is 9.73. The van der Waals surface area contributed by atoms with Crippen molar-refractivity contribution in [3.63, 3.8) is 0 Å². The van der Waals surface area contributed by atoms with Gasteiger partial charge in [-0.2, -0.15) is 0 Å². The lowest BCUT2D eigenvalue weighted by Crippen LogP contribution is -2.20. The van der Waals surface area contributed by atoms with E-state index in [1.165, 1.54) is 13.2 Å². The van der Waals surface area contributed by atoms with Crippen LogP contribution in [0.3, 0.4) is 0 Å². The molecule has 3 N–H and O–H groups in total. The molecule has 0 atom stereocenters. The molecule has 0 unspecified atom stereocenters. The molecule has 6 nitrogen and oxygen atoms in total. The van der Waals surface area contributed by atoms with Crippen LogP contribution in [-0.4, -0.2) is 30.7 Å². The lowest BCUT2D eigenvalue weighted by atomic mass is 10.2. The van der Waals surface area contributed by atoms with Crippen LogP contribution in [0.15, 0.2) is 29.4 Å². The van der Waals surface area contributed by atoms with Crippen LogP contribution in [0.4, 0.5) is 0 Å². The van der Waals surface area contributed by atoms with Gasteiger partial charge in [0, 0.05) is 0 Å². The van der Waals surface area contributed by atoms with Gasteiger partial charge in [0.1, 0.15) is 12.4 Å². The standard InChI is InChI=1S/C10H12N2O4/c1-15-10(13)7-3-2-4-8(5-7)16-6-9(11)12-14/h2-5,14H,6H2,1H3,(H2,11,12). The van der Waals surface area contributed by atoms with E-state index in [1.54, 1.807) is 18.2 Å². The van der Waals surface area contributed by atoms with Crippen molar-refractivity contribution in [3.05, 3.63) is 29.8 Å². The predicted molar refractivity (Wildman–Crippen MR) is 56.7 cm³/mol. The molecule has 0 aromatic heterocycles. The Labute approximate surface area is 92.3 Å². The minimum Gasteiger partial charge on any atom is -0.486 e. The Morgan fingerprint density at radius 3 is 2.94 bits per heavy atom. The van der Waals surface area contributed by atoms with Crippen molar-refractivity contribution in [2.45, 2.75) is 0 Å². The number of rotatable bonds is 4. The van der Waals surface area contributed by atoms with Crippen LogP contribution in [0.2, 0.25) is 0 Å². The molecule has 0 aliphatic heterocycles. The van der Waals surface area contributed by atoms with Gasteiger partial charge in [0.15, 0.2) is 5.84 Å². The Hall–Kier alpha value is -2.24. The Balaban J connectivity index is 2.71. The van der Waals surface area contributed by atoms with Crippen molar-refractivity contribution in [2.75, 3.05) is 13.7 Å². The highest BCUT2D eigenvalue weighted by molar-refractivity contribution is 5.89. The maximum absolute atomic E-state index is 11.2. The smallest absolute Gasteiger partial charge is 0.337 e. The molecule has 0 amide bonds. The van der Waals surface area contributed by atoms with Crippen molar-refractivity contribution in [2.24, 2.45) is 10.9 Å². The Morgan fingerprint density at radius 1 is 1.56 bits per heavy atom. The minimum atomic E-state index is -0.450. The van der Waals surface area contributed by atoms with Gasteiger partial charge in [-0.05, 0) is 18.2 Å². The second-order valence-electron chi connectivity index (χ2n) is 2.90. The summed E-state index contributed by atoms with van der Waals surface area (Å²) in [6.07, 6.45) is 0. The first-order chi connectivity index (χ1) is 7.67. The quantitative estimate of drug-likeness (QED) is 0.257. The van der Waals surface area contributed by atoms with E-state index in [2.05, 4.69) is 9.89 Å². The summed E-state index contributed by atoms with van der Waals surface area (Å²) in [5.41, 5.74) is 5.60. The number of hydrogen-bond donors (Lipinski definition) is 2. The molecule has 0 radical (unpaired) electrons. The Morgan fingerprint density at radius 2 is 2.31 bits per heavy atom. The zero-order valence-electron chi connectivity index (χ0n) is 8.71. The first-order valence-corrected chi connectivity index (χ1v) is 4.45. The van der Waals surface area contributed by atoms with Crippen LogP contribution in [-0.2, 0) is 4.74 Å². The molecule has 0 bridgehead atoms. The minimum absolute atomic E-state index is 0.0523. The number of nitrogens with two attached hydrogens (primary N) is 1. The average molecular weight is 224 g/mol. The van der Waals surface area contributed by atoms with Crippen molar-refractivity contribution in [1.82, 2.24) is 0 Å². The molecule has 1 rings (SSSR count). The van der Waals surface area contributed by atoms with Gasteiger partial charge >= 0.3 is 5.97 Å². The van der Waals surface area contributed by atoms with Gasteiger partial charge in [-0.1, -0.05) is 11.2 Å². The molecule has 1 aromatic carbocycles. The third-order valence-corrected chi connectivity index (χ3v) is 1.77. The van der Waals surface area contributed by atoms with Gasteiger partial charge in [-0.15, -0.1) is 0 Å². The summed E-state index contributed by atoms with van der Waals surface area (Å²) in [4.78, 5) is 11.2. The number of hydrogen-bond acceptors (Lipinski definition) is 5. The number of carbonyl (C=O) groups excluding carboxylic acids is 1. The van der Waals surface area contributed by atoms with Crippen LogP contribution in [0.1, 0.15) is 10.4 Å². The topological polar surface area (TPSA) is 94.1 Å². The lowest BCUT2D eigenvalue weighted by molar-refractivity contribution is 0.0600. The summed E-state index contributed by atoms with van der Waals surface area (Å²) in [5.74, 6) is -0.0628. The molecule has 0 heterocycles. The van der Waals surface area contributed by atoms with Crippen LogP contribution in [0.5, 0.6) is 5.75 Å². The summed E-state index contributed by atoms with van der Waals surface area (Å²) in [6.45, 7) is -0.0544. The van der Waals surface area contributed by atoms with E-state index in [0.717, 1.165) is 0 Å². The van der Waals surface area contributed by atoms with E-state index < -0.39 is 5.97 Å². The highest BCUT2D eigenvalue weighted by atomic mass is 16.5. The van der Waals surface area contributed by atoms with Gasteiger partial charge in [0.2, 0.25) is 0 Å². The number of oxime groups is 1. The van der Waals surface area contributed by atoms with Gasteiger partial charge in [0.05, 0.1) is 12.7 Å². The number of nitrogens with zero attached hydrogens (tertiary/aromatic N) is 1. The van der Waals surface area contributed by atoms with Gasteiger partial charge < -0.3 is 20.4 Å². The van der Waals surface area contributed by atoms with E-state index in [0.29, 0.717) is 11.3 Å². The molecule has 0 aliphatic carbocycles. The monoisotopic (exact) mass is 224 g/mol. The van der Waals surface area contributed by atoms with Gasteiger partial charge in [-0.25, -0.2) is 4.79 Å². The SMILES string of the molecule is COC(=O)c1cccc(OC/C(N)=N/O)c1. The maximum Gasteiger partial charge on any atom is 0.337 e. The maximum atomic E-state index is 11.2. The molecular weight excluding hydrogens is 212 g/mol. The van der Waals surface area contributed by atoms with Crippen molar-refractivity contribution in [3.8, 4) is 5.75 Å². The largest absolute Gasteiger partial charge is 0.486 e. The summed E-state index contributed by atoms with van der Waals surface area (Å²) >= 11 is 0. The zero-order valence-corrected chi connectivity index (χ0v) is 8.71. The second kappa shape index (κ2) is 5.59. The van der Waals surface area contributed by atoms with Crippen LogP contribution < -0.4 is 10.5 Å². The van der Waals surface area contributed by atoms with E-state index in [4.69, 9.17) is 15.7 Å². The van der Waals surface area contributed by atoms with E-state index in [1.807, 2.05) is 0 Å². The average Bonchev–Trinajstić information content (AvgIpc) is 2.35. The highest BCUT2D eigenvalue weighted by Crippen LogP contribution is 2.13. The van der Waals surface area contributed by atoms with Crippen LogP contribution in [0.25, 0.3) is 0 Å². The first kappa shape index (κ1) is 11.8. The third kappa shape index (κ3) is 3.16. The van der Waals surface area contributed by atoms with Crippen LogP contribution >= 0.6 is 0 Å². The number of benzene rings is 1. The Bertz CT molecular complexity index is 404. The normalized spacial score (nSPS) is 10.9. The molecule has 6 heteroatoms. The first-order valence-electron chi connectivity index (χ1n) is 4.45. The van der Waals surface area contributed by atoms with E-state index in [9.17, 15) is 4.79 Å². The zero-order chi connectivity index (χ0) is 12.0. The molecule has 16 heavy (non-hydrogen) atoms. The fourth-order valence-corrected chi connectivity index (χ4v) is 1.02. The van der Waals surface area contributed by atoms with Crippen LogP contribution in [0, 0.1) is 0 Å². The van der Waals surface area contributed by atoms with E-state index >= 15 is 0 Å². The fourth-order valence-electron chi connectivity index (χ4n) is 1.02. The Kier molecular flexibility index (Phi) is 4.14. The molecule has 0 saturated heterocycles. The number of ether oxygens (including phenoxy) is 2. The van der Waals surface area contributed by atoms with Gasteiger partial charge in [-0.3, -0.25) is 0 Å². The number of amidine groups is 1. The summed E-state index contributed by atoms with van der Waals surface area (Å²) in [7, 11) is 1.30. The number of methoxy groups -OCH3 is 1. The number of carbonyl (C=O) groups is 1. The fraction of sp³-hybridized carbons (Fsp3) is 0.200. The molecular formula is C10H12N2O4. The summed E-state index contributed by atoms with van der Waals surface area (Å²) in [6, 6.07) is 6.41. The molecule has 0 spiro atoms. The van der Waals surface area contributed by atoms with Crippen molar-refractivity contribution in [1.29, 1.82) is 0 Å². The predicted octanol–water partition coefficient (Wildman–Crippen LogP) is 0.598. The highest BCUT2D eigenvalue weighted by Gasteiger charge is 2.06. The van der Waals surface area contributed by atoms with Gasteiger partial charge in [0.25, 0.3) is 0 Å². The molecule has 0 aliphatic rings. The third-order valence-electron chi connectivity index (χ3n) is 1.77. The van der Waals surface area contributed by atoms with Crippen molar-refractivity contribution < 1.29 is 19.5 Å². The molecule has 1 aromatic rings. The molecule has 86 valence electrons. The van der Waals surface area contributed by atoms with Crippen molar-refractivity contribution >= 4 is 11.8 Å². The number of esters is 1. The second-order valence-corrected chi connectivity index (χ2v) is 2.90.